The van der Waals surface area contributed by atoms with Crippen molar-refractivity contribution in [2.45, 2.75) is 19.3 Å². The van der Waals surface area contributed by atoms with Crippen LogP contribution in [-0.2, 0) is 16.3 Å². The highest BCUT2D eigenvalue weighted by Gasteiger charge is 2.24. The molecule has 1 aliphatic heterocycles. The third kappa shape index (κ3) is 3.41. The molecule has 2 heterocycles. The van der Waals surface area contributed by atoms with Crippen molar-refractivity contribution < 1.29 is 13.2 Å². The molecule has 0 bridgehead atoms. The summed E-state index contributed by atoms with van der Waals surface area (Å²) in [6, 6.07) is 1.88. The molecule has 1 saturated heterocycles. The zero-order chi connectivity index (χ0) is 13.2. The number of ether oxygens (including phenoxy) is 1. The summed E-state index contributed by atoms with van der Waals surface area (Å²) in [6.07, 6.45) is 2.20. The Morgan fingerprint density at radius 1 is 1.39 bits per heavy atom. The molecule has 1 fully saturated rings. The maximum absolute atomic E-state index is 11.3. The van der Waals surface area contributed by atoms with Crippen LogP contribution < -0.4 is 4.74 Å². The molecule has 0 aromatic carbocycles. The number of sulfone groups is 1. The number of aromatic nitrogens is 2. The van der Waals surface area contributed by atoms with Crippen molar-refractivity contribution in [2.75, 3.05) is 18.6 Å². The van der Waals surface area contributed by atoms with Crippen molar-refractivity contribution in [3.8, 4) is 5.88 Å². The Kier molecular flexibility index (Phi) is 4.21. The van der Waals surface area contributed by atoms with Gasteiger partial charge in [-0.05, 0) is 47.2 Å². The van der Waals surface area contributed by atoms with Gasteiger partial charge in [-0.3, -0.25) is 0 Å². The predicted octanol–water partition coefficient (Wildman–Crippen LogP) is 1.61. The molecule has 100 valence electrons. The highest BCUT2D eigenvalue weighted by molar-refractivity contribution is 9.10. The zero-order valence-electron chi connectivity index (χ0n) is 10.1. The van der Waals surface area contributed by atoms with E-state index in [1.165, 1.54) is 0 Å². The van der Waals surface area contributed by atoms with Crippen LogP contribution in [0.15, 0.2) is 10.5 Å². The van der Waals surface area contributed by atoms with Gasteiger partial charge in [0.2, 0.25) is 5.88 Å². The van der Waals surface area contributed by atoms with Crippen molar-refractivity contribution in [1.82, 2.24) is 10.2 Å². The minimum absolute atomic E-state index is 0.294. The van der Waals surface area contributed by atoms with Crippen molar-refractivity contribution in [1.29, 1.82) is 0 Å². The van der Waals surface area contributed by atoms with Gasteiger partial charge in [-0.15, -0.1) is 5.10 Å². The summed E-state index contributed by atoms with van der Waals surface area (Å²) in [5.74, 6) is 1.43. The second-order valence-electron chi connectivity index (χ2n) is 4.49. The van der Waals surface area contributed by atoms with E-state index in [9.17, 15) is 8.42 Å². The molecule has 1 aromatic rings. The van der Waals surface area contributed by atoms with Crippen molar-refractivity contribution in [3.63, 3.8) is 0 Å². The van der Waals surface area contributed by atoms with Gasteiger partial charge in [-0.1, -0.05) is 0 Å². The molecule has 0 spiro atoms. The summed E-state index contributed by atoms with van der Waals surface area (Å²) < 4.78 is 28.5. The molecular weight excluding hydrogens is 320 g/mol. The fourth-order valence-electron chi connectivity index (χ4n) is 2.07. The van der Waals surface area contributed by atoms with E-state index in [0.29, 0.717) is 36.1 Å². The summed E-state index contributed by atoms with van der Waals surface area (Å²) in [7, 11) is -1.25. The molecule has 2 rings (SSSR count). The first-order valence-corrected chi connectivity index (χ1v) is 8.38. The van der Waals surface area contributed by atoms with Crippen LogP contribution in [0.2, 0.25) is 0 Å². The summed E-state index contributed by atoms with van der Waals surface area (Å²) in [5.41, 5.74) is 0.868. The van der Waals surface area contributed by atoms with E-state index in [4.69, 9.17) is 4.74 Å². The predicted molar refractivity (Wildman–Crippen MR) is 71.4 cm³/mol. The van der Waals surface area contributed by atoms with E-state index in [2.05, 4.69) is 26.1 Å². The number of nitrogens with zero attached hydrogens (tertiary/aromatic N) is 2. The third-order valence-corrected chi connectivity index (χ3v) is 5.42. The number of rotatable bonds is 3. The third-order valence-electron chi connectivity index (χ3n) is 3.13. The van der Waals surface area contributed by atoms with Crippen molar-refractivity contribution in [3.05, 3.63) is 16.2 Å². The molecule has 0 atom stereocenters. The molecule has 7 heteroatoms. The van der Waals surface area contributed by atoms with Crippen LogP contribution in [0, 0.1) is 5.92 Å². The monoisotopic (exact) mass is 334 g/mol. The van der Waals surface area contributed by atoms with Crippen molar-refractivity contribution in [2.24, 2.45) is 5.92 Å². The largest absolute Gasteiger partial charge is 0.479 e. The number of hydrogen-bond donors (Lipinski definition) is 0. The Labute approximate surface area is 115 Å². The van der Waals surface area contributed by atoms with Gasteiger partial charge in [0.15, 0.2) is 0 Å². The van der Waals surface area contributed by atoms with E-state index in [1.807, 2.05) is 6.07 Å². The molecular formula is C11H15BrN2O3S. The smallest absolute Gasteiger partial charge is 0.247 e. The molecule has 0 aliphatic carbocycles. The Balaban J connectivity index is 2.00. The van der Waals surface area contributed by atoms with Crippen LogP contribution in [0.25, 0.3) is 0 Å². The second-order valence-corrected chi connectivity index (χ2v) is 7.65. The van der Waals surface area contributed by atoms with E-state index in [1.54, 1.807) is 7.11 Å². The Hall–Kier alpha value is -0.690. The van der Waals surface area contributed by atoms with E-state index >= 15 is 0 Å². The second kappa shape index (κ2) is 5.52. The Morgan fingerprint density at radius 3 is 2.61 bits per heavy atom. The zero-order valence-corrected chi connectivity index (χ0v) is 12.5. The van der Waals surface area contributed by atoms with Gasteiger partial charge in [0.05, 0.1) is 28.8 Å². The molecule has 1 aromatic heterocycles. The van der Waals surface area contributed by atoms with Gasteiger partial charge in [0, 0.05) is 0 Å². The lowest BCUT2D eigenvalue weighted by Gasteiger charge is -2.21. The summed E-state index contributed by atoms with van der Waals surface area (Å²) >= 11 is 3.37. The number of hydrogen-bond acceptors (Lipinski definition) is 5. The number of methoxy groups -OCH3 is 1. The van der Waals surface area contributed by atoms with Crippen LogP contribution >= 0.6 is 15.9 Å². The highest BCUT2D eigenvalue weighted by atomic mass is 79.9. The van der Waals surface area contributed by atoms with Crippen molar-refractivity contribution >= 4 is 25.8 Å². The topological polar surface area (TPSA) is 69.2 Å². The molecule has 1 aliphatic rings. The fraction of sp³-hybridized carbons (Fsp3) is 0.636. The van der Waals surface area contributed by atoms with Gasteiger partial charge in [0.1, 0.15) is 9.84 Å². The number of halogens is 1. The average molecular weight is 335 g/mol. The minimum Gasteiger partial charge on any atom is -0.479 e. The van der Waals surface area contributed by atoms with Crippen LogP contribution in [0.5, 0.6) is 5.88 Å². The molecule has 0 saturated carbocycles. The average Bonchev–Trinajstić information content (AvgIpc) is 2.32. The van der Waals surface area contributed by atoms with Crippen LogP contribution in [0.4, 0.5) is 0 Å². The molecule has 0 unspecified atom stereocenters. The quantitative estimate of drug-likeness (QED) is 0.839. The summed E-state index contributed by atoms with van der Waals surface area (Å²) in [4.78, 5) is 0. The van der Waals surface area contributed by atoms with Crippen LogP contribution in [-0.4, -0.2) is 37.2 Å². The van der Waals surface area contributed by atoms with Gasteiger partial charge < -0.3 is 4.74 Å². The van der Waals surface area contributed by atoms with Gasteiger partial charge >= 0.3 is 0 Å². The minimum atomic E-state index is -2.79. The van der Waals surface area contributed by atoms with Crippen LogP contribution in [0.1, 0.15) is 18.5 Å². The molecule has 5 nitrogen and oxygen atoms in total. The summed E-state index contributed by atoms with van der Waals surface area (Å²) in [5, 5.41) is 8.04. The first-order valence-electron chi connectivity index (χ1n) is 5.76. The first-order chi connectivity index (χ1) is 8.50. The maximum atomic E-state index is 11.3. The Bertz CT molecular complexity index is 519. The molecule has 0 N–H and O–H groups in total. The first kappa shape index (κ1) is 13.7. The maximum Gasteiger partial charge on any atom is 0.247 e. The van der Waals surface area contributed by atoms with Gasteiger partial charge in [-0.25, -0.2) is 8.42 Å². The molecule has 18 heavy (non-hydrogen) atoms. The van der Waals surface area contributed by atoms with Gasteiger partial charge in [-0.2, -0.15) is 5.10 Å². The van der Waals surface area contributed by atoms with E-state index < -0.39 is 9.84 Å². The molecule has 0 radical (unpaired) electrons. The SMILES string of the molecule is COc1nnc(CC2CCS(=O)(=O)CC2)cc1Br. The summed E-state index contributed by atoms with van der Waals surface area (Å²) in [6.45, 7) is 0. The highest BCUT2D eigenvalue weighted by Crippen LogP contribution is 2.25. The lowest BCUT2D eigenvalue weighted by molar-refractivity contribution is 0.386. The standard InChI is InChI=1S/C11H15BrN2O3S/c1-17-11-10(12)7-9(13-14-11)6-8-2-4-18(15,16)5-3-8/h7-8H,2-6H2,1H3. The van der Waals surface area contributed by atoms with Crippen LogP contribution in [0.3, 0.4) is 0 Å². The van der Waals surface area contributed by atoms with E-state index in [-0.39, 0.29) is 0 Å². The normalized spacial score (nSPS) is 19.7. The lowest BCUT2D eigenvalue weighted by atomic mass is 9.97. The Morgan fingerprint density at radius 2 is 2.06 bits per heavy atom. The lowest BCUT2D eigenvalue weighted by Crippen LogP contribution is -2.24. The van der Waals surface area contributed by atoms with Gasteiger partial charge in [0.25, 0.3) is 0 Å². The fourth-order valence-corrected chi connectivity index (χ4v) is 4.17. The molecule has 0 amide bonds. The van der Waals surface area contributed by atoms with E-state index in [0.717, 1.165) is 16.6 Å².